The van der Waals surface area contributed by atoms with E-state index in [2.05, 4.69) is 22.2 Å². The van der Waals surface area contributed by atoms with E-state index in [4.69, 9.17) is 5.11 Å². The Morgan fingerprint density at radius 3 is 2.86 bits per heavy atom. The molecule has 1 aliphatic rings. The van der Waals surface area contributed by atoms with Crippen molar-refractivity contribution in [3.8, 4) is 0 Å². The summed E-state index contributed by atoms with van der Waals surface area (Å²) in [6.45, 7) is 2.07. The third kappa shape index (κ3) is 1.81. The van der Waals surface area contributed by atoms with Crippen molar-refractivity contribution in [2.45, 2.75) is 25.3 Å². The van der Waals surface area contributed by atoms with Crippen LogP contribution in [0.25, 0.3) is 0 Å². The fourth-order valence-electron chi connectivity index (χ4n) is 1.15. The second-order valence-electron chi connectivity index (χ2n) is 3.78. The number of carbonyl (C=O) groups is 1. The molecule has 74 valence electrons. The molecule has 0 saturated heterocycles. The summed E-state index contributed by atoms with van der Waals surface area (Å²) >= 11 is 0. The topological polar surface area (TPSA) is 75.1 Å². The van der Waals surface area contributed by atoms with E-state index in [0.29, 0.717) is 5.82 Å². The van der Waals surface area contributed by atoms with Gasteiger partial charge in [0.05, 0.1) is 12.4 Å². The van der Waals surface area contributed by atoms with Gasteiger partial charge >= 0.3 is 5.97 Å². The Bertz CT molecular complexity index is 374. The third-order valence-corrected chi connectivity index (χ3v) is 2.28. The Morgan fingerprint density at radius 1 is 1.57 bits per heavy atom. The van der Waals surface area contributed by atoms with Gasteiger partial charge in [0, 0.05) is 5.54 Å². The Kier molecular flexibility index (Phi) is 1.87. The SMILES string of the molecule is CC1(Nc2cncc(C(=O)O)n2)CC1. The third-order valence-electron chi connectivity index (χ3n) is 2.28. The molecule has 1 heterocycles. The summed E-state index contributed by atoms with van der Waals surface area (Å²) in [5.41, 5.74) is 0.0606. The van der Waals surface area contributed by atoms with Crippen LogP contribution >= 0.6 is 0 Å². The zero-order chi connectivity index (χ0) is 10.2. The van der Waals surface area contributed by atoms with Crippen LogP contribution in [0.2, 0.25) is 0 Å². The first-order valence-electron chi connectivity index (χ1n) is 4.43. The summed E-state index contributed by atoms with van der Waals surface area (Å²) < 4.78 is 0. The number of nitrogens with zero attached hydrogens (tertiary/aromatic N) is 2. The molecule has 1 saturated carbocycles. The van der Waals surface area contributed by atoms with Crippen molar-refractivity contribution < 1.29 is 9.90 Å². The number of carboxylic acids is 1. The molecule has 1 aromatic rings. The van der Waals surface area contributed by atoms with Gasteiger partial charge in [0.25, 0.3) is 0 Å². The summed E-state index contributed by atoms with van der Waals surface area (Å²) in [6.07, 6.45) is 4.96. The summed E-state index contributed by atoms with van der Waals surface area (Å²) in [5, 5.41) is 11.8. The fourth-order valence-corrected chi connectivity index (χ4v) is 1.15. The molecule has 0 spiro atoms. The molecule has 2 rings (SSSR count). The maximum Gasteiger partial charge on any atom is 0.356 e. The highest BCUT2D eigenvalue weighted by atomic mass is 16.4. The molecule has 0 amide bonds. The predicted octanol–water partition coefficient (Wildman–Crippen LogP) is 1.14. The second kappa shape index (κ2) is 2.94. The number of nitrogens with one attached hydrogen (secondary N) is 1. The van der Waals surface area contributed by atoms with E-state index in [1.807, 2.05) is 0 Å². The van der Waals surface area contributed by atoms with E-state index >= 15 is 0 Å². The fraction of sp³-hybridized carbons (Fsp3) is 0.444. The molecule has 1 fully saturated rings. The monoisotopic (exact) mass is 193 g/mol. The largest absolute Gasteiger partial charge is 0.476 e. The van der Waals surface area contributed by atoms with Crippen LogP contribution in [0.1, 0.15) is 30.3 Å². The van der Waals surface area contributed by atoms with Crippen LogP contribution in [0.3, 0.4) is 0 Å². The van der Waals surface area contributed by atoms with E-state index in [0.717, 1.165) is 12.8 Å². The molecule has 14 heavy (non-hydrogen) atoms. The molecular formula is C9H11N3O2. The van der Waals surface area contributed by atoms with Gasteiger partial charge in [-0.3, -0.25) is 4.98 Å². The van der Waals surface area contributed by atoms with Crippen LogP contribution in [0, 0.1) is 0 Å². The zero-order valence-electron chi connectivity index (χ0n) is 7.82. The van der Waals surface area contributed by atoms with Crippen molar-refractivity contribution in [1.82, 2.24) is 9.97 Å². The van der Waals surface area contributed by atoms with Crippen molar-refractivity contribution in [1.29, 1.82) is 0 Å². The minimum Gasteiger partial charge on any atom is -0.476 e. The van der Waals surface area contributed by atoms with E-state index in [9.17, 15) is 4.79 Å². The van der Waals surface area contributed by atoms with Gasteiger partial charge in [0.15, 0.2) is 5.69 Å². The summed E-state index contributed by atoms with van der Waals surface area (Å²) in [7, 11) is 0. The molecule has 1 aromatic heterocycles. The van der Waals surface area contributed by atoms with Crippen LogP contribution in [0.15, 0.2) is 12.4 Å². The number of rotatable bonds is 3. The molecule has 2 N–H and O–H groups in total. The number of hydrogen-bond acceptors (Lipinski definition) is 4. The van der Waals surface area contributed by atoms with Crippen LogP contribution in [0.5, 0.6) is 0 Å². The van der Waals surface area contributed by atoms with E-state index in [-0.39, 0.29) is 11.2 Å². The summed E-state index contributed by atoms with van der Waals surface area (Å²) in [4.78, 5) is 18.3. The number of carboxylic acid groups (broad SMARTS) is 1. The van der Waals surface area contributed by atoms with Crippen LogP contribution in [0.4, 0.5) is 5.82 Å². The standard InChI is InChI=1S/C9H11N3O2/c1-9(2-3-9)12-7-5-10-4-6(11-7)8(13)14/h4-5H,2-3H2,1H3,(H,11,12)(H,13,14). The van der Waals surface area contributed by atoms with Gasteiger partial charge in [-0.2, -0.15) is 0 Å². The van der Waals surface area contributed by atoms with Crippen molar-refractivity contribution in [2.24, 2.45) is 0 Å². The lowest BCUT2D eigenvalue weighted by molar-refractivity contribution is 0.0690. The first-order valence-corrected chi connectivity index (χ1v) is 4.43. The molecule has 0 unspecified atom stereocenters. The van der Waals surface area contributed by atoms with Gasteiger partial charge in [0.2, 0.25) is 0 Å². The zero-order valence-corrected chi connectivity index (χ0v) is 7.82. The first-order chi connectivity index (χ1) is 6.59. The molecule has 1 aliphatic carbocycles. The lowest BCUT2D eigenvalue weighted by Gasteiger charge is -2.11. The lowest BCUT2D eigenvalue weighted by atomic mass is 10.3. The van der Waals surface area contributed by atoms with Gasteiger partial charge in [-0.25, -0.2) is 9.78 Å². The summed E-state index contributed by atoms with van der Waals surface area (Å²) in [5.74, 6) is -0.521. The maximum absolute atomic E-state index is 10.6. The normalized spacial score (nSPS) is 17.5. The van der Waals surface area contributed by atoms with Gasteiger partial charge in [-0.05, 0) is 19.8 Å². The molecular weight excluding hydrogens is 182 g/mol. The lowest BCUT2D eigenvalue weighted by Crippen LogP contribution is -2.18. The van der Waals surface area contributed by atoms with Gasteiger partial charge in [-0.15, -0.1) is 0 Å². The van der Waals surface area contributed by atoms with Crippen molar-refractivity contribution in [3.63, 3.8) is 0 Å². The van der Waals surface area contributed by atoms with Crippen molar-refractivity contribution in [3.05, 3.63) is 18.1 Å². The van der Waals surface area contributed by atoms with Crippen molar-refractivity contribution >= 4 is 11.8 Å². The minimum atomic E-state index is -1.05. The molecule has 0 atom stereocenters. The van der Waals surface area contributed by atoms with Gasteiger partial charge in [-0.1, -0.05) is 0 Å². The highest BCUT2D eigenvalue weighted by molar-refractivity contribution is 5.85. The molecule has 0 aromatic carbocycles. The molecule has 5 nitrogen and oxygen atoms in total. The average molecular weight is 193 g/mol. The van der Waals surface area contributed by atoms with E-state index in [1.54, 1.807) is 0 Å². The van der Waals surface area contributed by atoms with E-state index in [1.165, 1.54) is 12.4 Å². The molecule has 5 heteroatoms. The highest BCUT2D eigenvalue weighted by Gasteiger charge is 2.37. The number of aromatic nitrogens is 2. The van der Waals surface area contributed by atoms with Gasteiger partial charge < -0.3 is 10.4 Å². The molecule has 0 radical (unpaired) electrons. The maximum atomic E-state index is 10.6. The van der Waals surface area contributed by atoms with E-state index < -0.39 is 5.97 Å². The van der Waals surface area contributed by atoms with Crippen LogP contribution in [-0.2, 0) is 0 Å². The van der Waals surface area contributed by atoms with Gasteiger partial charge in [0.1, 0.15) is 5.82 Å². The Hall–Kier alpha value is -1.65. The molecule has 0 aliphatic heterocycles. The first kappa shape index (κ1) is 8.93. The number of anilines is 1. The second-order valence-corrected chi connectivity index (χ2v) is 3.78. The van der Waals surface area contributed by atoms with Crippen molar-refractivity contribution in [2.75, 3.05) is 5.32 Å². The van der Waals surface area contributed by atoms with Crippen LogP contribution in [-0.4, -0.2) is 26.6 Å². The average Bonchev–Trinajstić information content (AvgIpc) is 2.83. The minimum absolute atomic E-state index is 0.0285. The molecule has 0 bridgehead atoms. The smallest absolute Gasteiger partial charge is 0.356 e. The highest BCUT2D eigenvalue weighted by Crippen LogP contribution is 2.37. The summed E-state index contributed by atoms with van der Waals surface area (Å²) in [6, 6.07) is 0. The Morgan fingerprint density at radius 2 is 2.29 bits per heavy atom. The number of hydrogen-bond donors (Lipinski definition) is 2. The van der Waals surface area contributed by atoms with Crippen LogP contribution < -0.4 is 5.32 Å². The predicted molar refractivity (Wildman–Crippen MR) is 50.3 cm³/mol. The quantitative estimate of drug-likeness (QED) is 0.752. The number of aromatic carboxylic acids is 1. The Balaban J connectivity index is 2.17. The Labute approximate surface area is 81.2 Å².